The maximum absolute atomic E-state index is 13.2. The highest BCUT2D eigenvalue weighted by molar-refractivity contribution is 5.37. The van der Waals surface area contributed by atoms with Gasteiger partial charge in [0.1, 0.15) is 5.82 Å². The summed E-state index contributed by atoms with van der Waals surface area (Å²) in [5.74, 6) is 5.32. The van der Waals surface area contributed by atoms with Crippen molar-refractivity contribution in [2.75, 3.05) is 13.6 Å². The van der Waals surface area contributed by atoms with Crippen molar-refractivity contribution in [3.05, 3.63) is 35.1 Å². The Bertz CT molecular complexity index is 347. The maximum atomic E-state index is 13.2. The average Bonchev–Trinajstić information content (AvgIpc) is 2.09. The summed E-state index contributed by atoms with van der Waals surface area (Å²) in [4.78, 5) is 0. The zero-order valence-corrected chi connectivity index (χ0v) is 7.82. The van der Waals surface area contributed by atoms with Crippen LogP contribution in [0.3, 0.4) is 0 Å². The molecular weight excluding hydrogens is 165 g/mol. The second-order valence-electron chi connectivity index (χ2n) is 2.82. The van der Waals surface area contributed by atoms with Gasteiger partial charge in [0.25, 0.3) is 0 Å². The van der Waals surface area contributed by atoms with E-state index in [0.717, 1.165) is 5.56 Å². The first-order valence-electron chi connectivity index (χ1n) is 4.13. The summed E-state index contributed by atoms with van der Waals surface area (Å²) in [6.45, 7) is 2.43. The van der Waals surface area contributed by atoms with Gasteiger partial charge in [0.15, 0.2) is 0 Å². The van der Waals surface area contributed by atoms with Crippen LogP contribution in [0.1, 0.15) is 11.1 Å². The fraction of sp³-hybridized carbons (Fsp3) is 0.273. The van der Waals surface area contributed by atoms with Crippen molar-refractivity contribution in [3.63, 3.8) is 0 Å². The summed E-state index contributed by atoms with van der Waals surface area (Å²) in [5, 5.41) is 2.87. The van der Waals surface area contributed by atoms with E-state index in [1.807, 2.05) is 13.0 Å². The SMILES string of the molecule is CNCC#Cc1ccc(C)cc1F. The van der Waals surface area contributed by atoms with Gasteiger partial charge in [-0.1, -0.05) is 17.9 Å². The molecule has 0 unspecified atom stereocenters. The molecule has 0 fully saturated rings. The summed E-state index contributed by atoms with van der Waals surface area (Å²) in [6, 6.07) is 5.04. The van der Waals surface area contributed by atoms with Crippen LogP contribution in [0.15, 0.2) is 18.2 Å². The summed E-state index contributed by atoms with van der Waals surface area (Å²) < 4.78 is 13.2. The number of nitrogens with one attached hydrogen (secondary N) is 1. The van der Waals surface area contributed by atoms with Gasteiger partial charge in [-0.05, 0) is 31.7 Å². The predicted molar refractivity (Wildman–Crippen MR) is 51.9 cm³/mol. The summed E-state index contributed by atoms with van der Waals surface area (Å²) in [6.07, 6.45) is 0. The molecule has 0 saturated carbocycles. The van der Waals surface area contributed by atoms with E-state index in [0.29, 0.717) is 12.1 Å². The summed E-state index contributed by atoms with van der Waals surface area (Å²) in [7, 11) is 1.81. The van der Waals surface area contributed by atoms with Crippen molar-refractivity contribution < 1.29 is 4.39 Å². The molecule has 2 heteroatoms. The van der Waals surface area contributed by atoms with E-state index >= 15 is 0 Å². The van der Waals surface area contributed by atoms with Crippen LogP contribution in [0, 0.1) is 24.6 Å². The molecule has 68 valence electrons. The quantitative estimate of drug-likeness (QED) is 0.644. The van der Waals surface area contributed by atoms with Crippen LogP contribution < -0.4 is 5.32 Å². The lowest BCUT2D eigenvalue weighted by Crippen LogP contribution is -2.04. The van der Waals surface area contributed by atoms with E-state index in [-0.39, 0.29) is 5.82 Å². The van der Waals surface area contributed by atoms with Crippen LogP contribution in [0.2, 0.25) is 0 Å². The Kier molecular flexibility index (Phi) is 3.48. The van der Waals surface area contributed by atoms with E-state index in [4.69, 9.17) is 0 Å². The van der Waals surface area contributed by atoms with Crippen LogP contribution in [-0.4, -0.2) is 13.6 Å². The minimum absolute atomic E-state index is 0.247. The number of halogens is 1. The highest BCUT2D eigenvalue weighted by Gasteiger charge is 1.97. The molecule has 1 rings (SSSR count). The minimum Gasteiger partial charge on any atom is -0.309 e. The lowest BCUT2D eigenvalue weighted by atomic mass is 10.1. The molecule has 0 aliphatic rings. The third-order valence-electron chi connectivity index (χ3n) is 1.61. The third-order valence-corrected chi connectivity index (χ3v) is 1.61. The molecule has 1 nitrogen and oxygen atoms in total. The fourth-order valence-electron chi connectivity index (χ4n) is 0.949. The van der Waals surface area contributed by atoms with Crippen LogP contribution in [0.25, 0.3) is 0 Å². The molecular formula is C11H12FN. The lowest BCUT2D eigenvalue weighted by molar-refractivity contribution is 0.623. The first-order chi connectivity index (χ1) is 6.24. The molecule has 0 atom stereocenters. The summed E-state index contributed by atoms with van der Waals surface area (Å²) >= 11 is 0. The predicted octanol–water partition coefficient (Wildman–Crippen LogP) is 1.71. The Balaban J connectivity index is 2.85. The van der Waals surface area contributed by atoms with Gasteiger partial charge < -0.3 is 5.32 Å². The Hall–Kier alpha value is -1.33. The molecule has 1 N–H and O–H groups in total. The average molecular weight is 177 g/mol. The smallest absolute Gasteiger partial charge is 0.139 e. The van der Waals surface area contributed by atoms with E-state index in [1.54, 1.807) is 13.1 Å². The standard InChI is InChI=1S/C11H12FN/c1-9-5-6-10(11(12)8-9)4-3-7-13-2/h5-6,8,13H,7H2,1-2H3. The van der Waals surface area contributed by atoms with Crippen molar-refractivity contribution in [2.45, 2.75) is 6.92 Å². The first kappa shape index (κ1) is 9.76. The monoisotopic (exact) mass is 177 g/mol. The normalized spacial score (nSPS) is 9.15. The maximum Gasteiger partial charge on any atom is 0.139 e. The molecule has 0 radical (unpaired) electrons. The number of hydrogen-bond acceptors (Lipinski definition) is 1. The first-order valence-corrected chi connectivity index (χ1v) is 4.13. The summed E-state index contributed by atoms with van der Waals surface area (Å²) in [5.41, 5.74) is 1.37. The molecule has 0 amide bonds. The van der Waals surface area contributed by atoms with Crippen LogP contribution >= 0.6 is 0 Å². The van der Waals surface area contributed by atoms with Gasteiger partial charge in [-0.25, -0.2) is 4.39 Å². The van der Waals surface area contributed by atoms with E-state index in [1.165, 1.54) is 6.07 Å². The van der Waals surface area contributed by atoms with Crippen LogP contribution in [-0.2, 0) is 0 Å². The van der Waals surface area contributed by atoms with Crippen molar-refractivity contribution in [1.29, 1.82) is 0 Å². The molecule has 0 saturated heterocycles. The lowest BCUT2D eigenvalue weighted by Gasteiger charge is -1.95. The highest BCUT2D eigenvalue weighted by atomic mass is 19.1. The second kappa shape index (κ2) is 4.64. The molecule has 1 aromatic carbocycles. The molecule has 1 aromatic rings. The molecule has 0 heterocycles. The highest BCUT2D eigenvalue weighted by Crippen LogP contribution is 2.07. The van der Waals surface area contributed by atoms with Gasteiger partial charge in [-0.15, -0.1) is 0 Å². The van der Waals surface area contributed by atoms with Crippen molar-refractivity contribution in [1.82, 2.24) is 5.32 Å². The van der Waals surface area contributed by atoms with Crippen molar-refractivity contribution >= 4 is 0 Å². The van der Waals surface area contributed by atoms with Gasteiger partial charge in [0, 0.05) is 0 Å². The van der Waals surface area contributed by atoms with Crippen LogP contribution in [0.5, 0.6) is 0 Å². The largest absolute Gasteiger partial charge is 0.309 e. The number of aryl methyl sites for hydroxylation is 1. The van der Waals surface area contributed by atoms with E-state index in [9.17, 15) is 4.39 Å². The number of benzene rings is 1. The Morgan fingerprint density at radius 1 is 1.46 bits per heavy atom. The Labute approximate surface area is 78.0 Å². The van der Waals surface area contributed by atoms with Crippen LogP contribution in [0.4, 0.5) is 4.39 Å². The fourth-order valence-corrected chi connectivity index (χ4v) is 0.949. The van der Waals surface area contributed by atoms with Gasteiger partial charge in [-0.2, -0.15) is 0 Å². The number of rotatable bonds is 1. The van der Waals surface area contributed by atoms with Gasteiger partial charge in [0.05, 0.1) is 12.1 Å². The number of hydrogen-bond donors (Lipinski definition) is 1. The molecule has 0 aliphatic heterocycles. The molecule has 0 aromatic heterocycles. The zero-order valence-electron chi connectivity index (χ0n) is 7.82. The molecule has 0 spiro atoms. The van der Waals surface area contributed by atoms with Gasteiger partial charge in [0.2, 0.25) is 0 Å². The minimum atomic E-state index is -0.247. The second-order valence-corrected chi connectivity index (χ2v) is 2.82. The molecule has 0 aliphatic carbocycles. The molecule has 0 bridgehead atoms. The van der Waals surface area contributed by atoms with Gasteiger partial charge >= 0.3 is 0 Å². The Morgan fingerprint density at radius 2 is 2.23 bits per heavy atom. The van der Waals surface area contributed by atoms with Crippen molar-refractivity contribution in [2.24, 2.45) is 0 Å². The van der Waals surface area contributed by atoms with E-state index < -0.39 is 0 Å². The zero-order chi connectivity index (χ0) is 9.68. The Morgan fingerprint density at radius 3 is 2.85 bits per heavy atom. The van der Waals surface area contributed by atoms with Gasteiger partial charge in [-0.3, -0.25) is 0 Å². The topological polar surface area (TPSA) is 12.0 Å². The molecule has 13 heavy (non-hydrogen) atoms. The van der Waals surface area contributed by atoms with Crippen molar-refractivity contribution in [3.8, 4) is 11.8 Å². The van der Waals surface area contributed by atoms with E-state index in [2.05, 4.69) is 17.2 Å². The third kappa shape index (κ3) is 2.89.